The van der Waals surface area contributed by atoms with Gasteiger partial charge in [0, 0.05) is 17.8 Å². The molecule has 2 rings (SSSR count). The zero-order valence-electron chi connectivity index (χ0n) is 7.24. The monoisotopic (exact) mass is 193 g/mol. The summed E-state index contributed by atoms with van der Waals surface area (Å²) in [4.78, 5) is 0. The van der Waals surface area contributed by atoms with Crippen molar-refractivity contribution in [3.63, 3.8) is 0 Å². The average Bonchev–Trinajstić information content (AvgIpc) is 2.64. The van der Waals surface area contributed by atoms with Crippen molar-refractivity contribution in [1.29, 1.82) is 0 Å². The van der Waals surface area contributed by atoms with Crippen LogP contribution >= 0.6 is 0 Å². The number of halogens is 2. The van der Waals surface area contributed by atoms with Crippen molar-refractivity contribution in [2.45, 2.75) is 6.54 Å². The number of benzene rings is 1. The Morgan fingerprint density at radius 2 is 2.21 bits per heavy atom. The van der Waals surface area contributed by atoms with Crippen LogP contribution in [-0.2, 0) is 6.54 Å². The first-order chi connectivity index (χ1) is 6.75. The van der Waals surface area contributed by atoms with Crippen molar-refractivity contribution in [3.8, 4) is 0 Å². The smallest absolute Gasteiger partial charge is 0.128 e. The number of hydrogen-bond donors (Lipinski definition) is 0. The molecule has 0 saturated heterocycles. The molecular formula is C10H7F2N2. The third-order valence-corrected chi connectivity index (χ3v) is 1.84. The minimum atomic E-state index is -0.447. The summed E-state index contributed by atoms with van der Waals surface area (Å²) < 4.78 is 27.4. The van der Waals surface area contributed by atoms with Crippen LogP contribution in [0.25, 0.3) is 0 Å². The first kappa shape index (κ1) is 8.87. The van der Waals surface area contributed by atoms with Gasteiger partial charge in [0.25, 0.3) is 0 Å². The maximum absolute atomic E-state index is 13.1. The van der Waals surface area contributed by atoms with Crippen LogP contribution in [0.2, 0.25) is 0 Å². The standard InChI is InChI=1S/C10H7F2N2/c11-9-2-3-10(12)8(6-9)7-14-5-1-4-13-14/h2-6H,7H2. The summed E-state index contributed by atoms with van der Waals surface area (Å²) >= 11 is 0. The van der Waals surface area contributed by atoms with E-state index in [2.05, 4.69) is 11.2 Å². The second-order valence-electron chi connectivity index (χ2n) is 2.87. The van der Waals surface area contributed by atoms with Gasteiger partial charge in [-0.3, -0.25) is 4.68 Å². The van der Waals surface area contributed by atoms with Crippen molar-refractivity contribution >= 4 is 0 Å². The van der Waals surface area contributed by atoms with Crippen molar-refractivity contribution < 1.29 is 8.78 Å². The van der Waals surface area contributed by atoms with Gasteiger partial charge in [0.05, 0.1) is 12.7 Å². The minimum Gasteiger partial charge on any atom is -0.268 e. The van der Waals surface area contributed by atoms with Crippen molar-refractivity contribution in [1.82, 2.24) is 9.78 Å². The van der Waals surface area contributed by atoms with Gasteiger partial charge < -0.3 is 0 Å². The quantitative estimate of drug-likeness (QED) is 0.713. The number of rotatable bonds is 2. The molecule has 0 amide bonds. The van der Waals surface area contributed by atoms with Gasteiger partial charge in [0.15, 0.2) is 0 Å². The number of hydrogen-bond acceptors (Lipinski definition) is 1. The van der Waals surface area contributed by atoms with Crippen LogP contribution in [0.5, 0.6) is 0 Å². The molecule has 0 N–H and O–H groups in total. The highest BCUT2D eigenvalue weighted by molar-refractivity contribution is 5.18. The number of nitrogens with zero attached hydrogens (tertiary/aromatic N) is 2. The van der Waals surface area contributed by atoms with Gasteiger partial charge in [-0.2, -0.15) is 5.10 Å². The molecule has 2 nitrogen and oxygen atoms in total. The fraction of sp³-hybridized carbons (Fsp3) is 0.100. The molecule has 4 heteroatoms. The van der Waals surface area contributed by atoms with Crippen LogP contribution in [-0.4, -0.2) is 9.78 Å². The molecule has 1 aromatic heterocycles. The third-order valence-electron chi connectivity index (χ3n) is 1.84. The molecule has 0 unspecified atom stereocenters. The molecule has 2 aromatic rings. The zero-order valence-corrected chi connectivity index (χ0v) is 7.24. The predicted molar refractivity (Wildman–Crippen MR) is 46.5 cm³/mol. The molecule has 0 atom stereocenters. The highest BCUT2D eigenvalue weighted by Gasteiger charge is 2.04. The van der Waals surface area contributed by atoms with Gasteiger partial charge in [-0.05, 0) is 18.2 Å². The Hall–Kier alpha value is -1.71. The minimum absolute atomic E-state index is 0.215. The molecule has 0 spiro atoms. The Morgan fingerprint density at radius 1 is 1.36 bits per heavy atom. The van der Waals surface area contributed by atoms with Gasteiger partial charge in [-0.15, -0.1) is 0 Å². The first-order valence-electron chi connectivity index (χ1n) is 4.08. The summed E-state index contributed by atoms with van der Waals surface area (Å²) in [6, 6.07) is 6.08. The third kappa shape index (κ3) is 1.79. The molecule has 1 radical (unpaired) electrons. The SMILES string of the molecule is Fc1ccc(F)c(Cn2c[c]cn2)c1. The van der Waals surface area contributed by atoms with Crippen LogP contribution in [0.4, 0.5) is 8.78 Å². The Bertz CT molecular complexity index is 424. The van der Waals surface area contributed by atoms with E-state index in [4.69, 9.17) is 0 Å². The Labute approximate surface area is 79.8 Å². The summed E-state index contributed by atoms with van der Waals surface area (Å²) in [7, 11) is 0. The van der Waals surface area contributed by atoms with E-state index in [-0.39, 0.29) is 12.1 Å². The summed E-state index contributed by atoms with van der Waals surface area (Å²) in [5.41, 5.74) is 0.280. The van der Waals surface area contributed by atoms with Crippen LogP contribution in [0.1, 0.15) is 5.56 Å². The summed E-state index contributed by atoms with van der Waals surface area (Å²) in [6.45, 7) is 0.215. The summed E-state index contributed by atoms with van der Waals surface area (Å²) in [5, 5.41) is 3.85. The van der Waals surface area contributed by atoms with Gasteiger partial charge >= 0.3 is 0 Å². The van der Waals surface area contributed by atoms with Crippen LogP contribution < -0.4 is 0 Å². The Morgan fingerprint density at radius 3 is 2.93 bits per heavy atom. The van der Waals surface area contributed by atoms with E-state index in [0.29, 0.717) is 0 Å². The van der Waals surface area contributed by atoms with E-state index in [1.807, 2.05) is 0 Å². The molecule has 0 bridgehead atoms. The zero-order chi connectivity index (χ0) is 9.97. The summed E-state index contributed by atoms with van der Waals surface area (Å²) in [5.74, 6) is -0.876. The molecule has 71 valence electrons. The van der Waals surface area contributed by atoms with Crippen LogP contribution in [0.15, 0.2) is 30.6 Å². The van der Waals surface area contributed by atoms with Crippen LogP contribution in [0, 0.1) is 17.7 Å². The van der Waals surface area contributed by atoms with Gasteiger partial charge in [-0.25, -0.2) is 8.78 Å². The topological polar surface area (TPSA) is 17.8 Å². The maximum atomic E-state index is 13.1. The van der Waals surface area contributed by atoms with E-state index in [1.54, 1.807) is 6.20 Å². The largest absolute Gasteiger partial charge is 0.268 e. The molecule has 0 saturated carbocycles. The number of aromatic nitrogens is 2. The molecule has 0 aliphatic heterocycles. The molecule has 1 aromatic carbocycles. The first-order valence-corrected chi connectivity index (χ1v) is 4.08. The maximum Gasteiger partial charge on any atom is 0.128 e. The molecule has 0 aliphatic carbocycles. The van der Waals surface area contributed by atoms with Gasteiger partial charge in [0.1, 0.15) is 11.6 Å². The highest BCUT2D eigenvalue weighted by atomic mass is 19.1. The van der Waals surface area contributed by atoms with Crippen LogP contribution in [0.3, 0.4) is 0 Å². The lowest BCUT2D eigenvalue weighted by Crippen LogP contribution is -2.02. The van der Waals surface area contributed by atoms with E-state index in [0.717, 1.165) is 18.2 Å². The Balaban J connectivity index is 2.28. The predicted octanol–water partition coefficient (Wildman–Crippen LogP) is 2.01. The molecule has 0 aliphatic rings. The lowest BCUT2D eigenvalue weighted by molar-refractivity contribution is 0.566. The van der Waals surface area contributed by atoms with Gasteiger partial charge in [0.2, 0.25) is 0 Å². The average molecular weight is 193 g/mol. The fourth-order valence-electron chi connectivity index (χ4n) is 1.19. The van der Waals surface area contributed by atoms with Crippen molar-refractivity contribution in [2.24, 2.45) is 0 Å². The summed E-state index contributed by atoms with van der Waals surface area (Å²) in [6.07, 6.45) is 3.04. The van der Waals surface area contributed by atoms with E-state index >= 15 is 0 Å². The van der Waals surface area contributed by atoms with Gasteiger partial charge in [-0.1, -0.05) is 0 Å². The van der Waals surface area contributed by atoms with Crippen molar-refractivity contribution in [2.75, 3.05) is 0 Å². The molecule has 14 heavy (non-hydrogen) atoms. The second kappa shape index (κ2) is 3.57. The fourth-order valence-corrected chi connectivity index (χ4v) is 1.19. The Kier molecular flexibility index (Phi) is 2.26. The second-order valence-corrected chi connectivity index (χ2v) is 2.87. The molecule has 1 heterocycles. The lowest BCUT2D eigenvalue weighted by atomic mass is 10.2. The lowest BCUT2D eigenvalue weighted by Gasteiger charge is -2.03. The van der Waals surface area contributed by atoms with E-state index in [1.165, 1.54) is 10.9 Å². The highest BCUT2D eigenvalue weighted by Crippen LogP contribution is 2.10. The normalized spacial score (nSPS) is 10.4. The van der Waals surface area contributed by atoms with Crippen molar-refractivity contribution in [3.05, 3.63) is 53.9 Å². The molecule has 0 fully saturated rings. The van der Waals surface area contributed by atoms with E-state index < -0.39 is 11.6 Å². The molecular weight excluding hydrogens is 186 g/mol. The van der Waals surface area contributed by atoms with E-state index in [9.17, 15) is 8.78 Å².